The fourth-order valence-corrected chi connectivity index (χ4v) is 3.22. The van der Waals surface area contributed by atoms with Crippen molar-refractivity contribution in [2.45, 2.75) is 47.0 Å². The molecule has 1 N–H and O–H groups in total. The molecule has 0 amide bonds. The first-order chi connectivity index (χ1) is 8.34. The quantitative estimate of drug-likeness (QED) is 0.620. The fraction of sp³-hybridized carbons (Fsp3) is 0.800. The van der Waals surface area contributed by atoms with Gasteiger partial charge in [-0.15, -0.1) is 0 Å². The molecule has 1 rings (SSSR count). The van der Waals surface area contributed by atoms with Gasteiger partial charge in [0.25, 0.3) is 0 Å². The van der Waals surface area contributed by atoms with E-state index in [1.54, 1.807) is 6.92 Å². The van der Waals surface area contributed by atoms with Gasteiger partial charge in [0.2, 0.25) is 0 Å². The maximum Gasteiger partial charge on any atom is 0.333 e. The number of aliphatic hydroxyl groups excluding tert-OH is 1. The summed E-state index contributed by atoms with van der Waals surface area (Å²) in [5.74, 6) is 0.863. The molecule has 18 heavy (non-hydrogen) atoms. The maximum atomic E-state index is 11.6. The number of hydrogen-bond donors (Lipinski definition) is 1. The first-order valence-corrected chi connectivity index (χ1v) is 6.80. The normalized spacial score (nSPS) is 27.9. The summed E-state index contributed by atoms with van der Waals surface area (Å²) in [5.41, 5.74) is 1.02. The zero-order valence-corrected chi connectivity index (χ0v) is 12.0. The lowest BCUT2D eigenvalue weighted by Crippen LogP contribution is -2.27. The second-order valence-electron chi connectivity index (χ2n) is 6.38. The van der Waals surface area contributed by atoms with Gasteiger partial charge in [-0.25, -0.2) is 4.79 Å². The molecule has 104 valence electrons. The van der Waals surface area contributed by atoms with Crippen molar-refractivity contribution in [2.24, 2.45) is 17.3 Å². The van der Waals surface area contributed by atoms with E-state index in [0.717, 1.165) is 12.8 Å². The zero-order chi connectivity index (χ0) is 13.8. The monoisotopic (exact) mass is 254 g/mol. The molecule has 2 atom stereocenters. The third-order valence-corrected chi connectivity index (χ3v) is 3.55. The van der Waals surface area contributed by atoms with Gasteiger partial charge in [-0.3, -0.25) is 0 Å². The predicted molar refractivity (Wildman–Crippen MR) is 72.1 cm³/mol. The van der Waals surface area contributed by atoms with Gasteiger partial charge < -0.3 is 9.84 Å². The Hall–Kier alpha value is -0.830. The first-order valence-electron chi connectivity index (χ1n) is 6.80. The average Bonchev–Trinajstić information content (AvgIpc) is 2.22. The van der Waals surface area contributed by atoms with Gasteiger partial charge in [-0.1, -0.05) is 26.8 Å². The van der Waals surface area contributed by atoms with E-state index in [2.05, 4.69) is 26.8 Å². The zero-order valence-electron chi connectivity index (χ0n) is 12.0. The molecule has 0 saturated heterocycles. The lowest BCUT2D eigenvalue weighted by molar-refractivity contribution is -0.140. The van der Waals surface area contributed by atoms with Crippen molar-refractivity contribution in [2.75, 3.05) is 13.2 Å². The van der Waals surface area contributed by atoms with E-state index >= 15 is 0 Å². The Balaban J connectivity index is 2.61. The Morgan fingerprint density at radius 3 is 2.67 bits per heavy atom. The number of hydrogen-bond acceptors (Lipinski definition) is 3. The Morgan fingerprint density at radius 1 is 1.44 bits per heavy atom. The summed E-state index contributed by atoms with van der Waals surface area (Å²) >= 11 is 0. The predicted octanol–water partition coefficient (Wildman–Crippen LogP) is 2.93. The molecule has 0 aromatic carbocycles. The van der Waals surface area contributed by atoms with Gasteiger partial charge in [0, 0.05) is 5.57 Å². The van der Waals surface area contributed by atoms with Crippen molar-refractivity contribution in [3.05, 3.63) is 11.6 Å². The van der Waals surface area contributed by atoms with Gasteiger partial charge in [0.15, 0.2) is 0 Å². The number of ether oxygens (including phenoxy) is 1. The van der Waals surface area contributed by atoms with E-state index in [4.69, 9.17) is 9.84 Å². The second kappa shape index (κ2) is 6.37. The number of carbonyl (C=O) groups excluding carboxylic acids is 1. The number of esters is 1. The summed E-state index contributed by atoms with van der Waals surface area (Å²) in [7, 11) is 0. The summed E-state index contributed by atoms with van der Waals surface area (Å²) in [5, 5.41) is 8.62. The Morgan fingerprint density at radius 2 is 2.11 bits per heavy atom. The Kier molecular flexibility index (Phi) is 5.39. The highest BCUT2D eigenvalue weighted by atomic mass is 16.5. The van der Waals surface area contributed by atoms with E-state index in [9.17, 15) is 4.79 Å². The highest BCUT2D eigenvalue weighted by Gasteiger charge is 2.31. The molecule has 2 unspecified atom stereocenters. The Bertz CT molecular complexity index is 318. The van der Waals surface area contributed by atoms with Gasteiger partial charge in [0.1, 0.15) is 6.61 Å². The fourth-order valence-electron chi connectivity index (χ4n) is 3.22. The lowest BCUT2D eigenvalue weighted by Gasteiger charge is -2.38. The van der Waals surface area contributed by atoms with E-state index in [0.29, 0.717) is 22.8 Å². The summed E-state index contributed by atoms with van der Waals surface area (Å²) in [6, 6.07) is 0. The highest BCUT2D eigenvalue weighted by molar-refractivity contribution is 5.87. The van der Waals surface area contributed by atoms with E-state index < -0.39 is 0 Å². The molecular formula is C15H26O3. The molecule has 0 bridgehead atoms. The van der Waals surface area contributed by atoms with Crippen LogP contribution in [0.15, 0.2) is 11.6 Å². The van der Waals surface area contributed by atoms with Crippen molar-refractivity contribution in [3.8, 4) is 0 Å². The number of carbonyl (C=O) groups is 1. The number of allylic oxidation sites excluding steroid dienone is 1. The smallest absolute Gasteiger partial charge is 0.333 e. The van der Waals surface area contributed by atoms with Gasteiger partial charge in [-0.05, 0) is 43.4 Å². The Labute approximate surface area is 110 Å². The van der Waals surface area contributed by atoms with E-state index in [1.165, 1.54) is 6.42 Å². The number of rotatable bonds is 4. The van der Waals surface area contributed by atoms with Crippen LogP contribution in [0.3, 0.4) is 0 Å². The summed E-state index contributed by atoms with van der Waals surface area (Å²) in [4.78, 5) is 11.6. The SMILES string of the molecule is CC(=CC1CC(C)CC(C)(C)C1)C(=O)OCCO. The third kappa shape index (κ3) is 4.81. The molecule has 1 saturated carbocycles. The molecule has 0 aliphatic heterocycles. The summed E-state index contributed by atoms with van der Waals surface area (Å²) < 4.78 is 4.92. The molecule has 1 aliphatic carbocycles. The summed E-state index contributed by atoms with van der Waals surface area (Å²) in [6.45, 7) is 8.63. The molecule has 0 aromatic rings. The molecule has 0 spiro atoms. The van der Waals surface area contributed by atoms with Gasteiger partial charge in [0.05, 0.1) is 6.61 Å². The van der Waals surface area contributed by atoms with Crippen LogP contribution in [-0.4, -0.2) is 24.3 Å². The van der Waals surface area contributed by atoms with E-state index in [-0.39, 0.29) is 19.2 Å². The molecule has 3 heteroatoms. The lowest BCUT2D eigenvalue weighted by atomic mass is 9.68. The van der Waals surface area contributed by atoms with Crippen molar-refractivity contribution in [1.29, 1.82) is 0 Å². The molecule has 0 heterocycles. The molecule has 0 radical (unpaired) electrons. The van der Waals surface area contributed by atoms with Crippen LogP contribution in [0.5, 0.6) is 0 Å². The molecule has 1 fully saturated rings. The first kappa shape index (κ1) is 15.2. The van der Waals surface area contributed by atoms with Gasteiger partial charge in [-0.2, -0.15) is 0 Å². The van der Waals surface area contributed by atoms with Crippen LogP contribution < -0.4 is 0 Å². The number of aliphatic hydroxyl groups is 1. The summed E-state index contributed by atoms with van der Waals surface area (Å²) in [6.07, 6.45) is 5.58. The largest absolute Gasteiger partial charge is 0.460 e. The van der Waals surface area contributed by atoms with Crippen LogP contribution in [0.2, 0.25) is 0 Å². The topological polar surface area (TPSA) is 46.5 Å². The van der Waals surface area contributed by atoms with Crippen LogP contribution in [0, 0.1) is 17.3 Å². The molecule has 0 aromatic heterocycles. The second-order valence-corrected chi connectivity index (χ2v) is 6.38. The minimum atomic E-state index is -0.305. The highest BCUT2D eigenvalue weighted by Crippen LogP contribution is 2.42. The minimum absolute atomic E-state index is 0.0799. The molecule has 3 nitrogen and oxygen atoms in total. The minimum Gasteiger partial charge on any atom is -0.460 e. The van der Waals surface area contributed by atoms with E-state index in [1.807, 2.05) is 0 Å². The van der Waals surface area contributed by atoms with Crippen LogP contribution in [-0.2, 0) is 9.53 Å². The van der Waals surface area contributed by atoms with Crippen molar-refractivity contribution < 1.29 is 14.6 Å². The van der Waals surface area contributed by atoms with Crippen LogP contribution >= 0.6 is 0 Å². The van der Waals surface area contributed by atoms with Crippen molar-refractivity contribution in [3.63, 3.8) is 0 Å². The van der Waals surface area contributed by atoms with Crippen molar-refractivity contribution in [1.82, 2.24) is 0 Å². The van der Waals surface area contributed by atoms with Gasteiger partial charge >= 0.3 is 5.97 Å². The third-order valence-electron chi connectivity index (χ3n) is 3.55. The maximum absolute atomic E-state index is 11.6. The van der Waals surface area contributed by atoms with Crippen LogP contribution in [0.1, 0.15) is 47.0 Å². The standard InChI is InChI=1S/C15H26O3/c1-11-7-13(10-15(3,4)9-11)8-12(2)14(17)18-6-5-16/h8,11,13,16H,5-7,9-10H2,1-4H3. The average molecular weight is 254 g/mol. The molecule has 1 aliphatic rings. The van der Waals surface area contributed by atoms with Crippen LogP contribution in [0.4, 0.5) is 0 Å². The molecular weight excluding hydrogens is 228 g/mol. The van der Waals surface area contributed by atoms with Crippen molar-refractivity contribution >= 4 is 5.97 Å². The van der Waals surface area contributed by atoms with Crippen LogP contribution in [0.25, 0.3) is 0 Å².